The standard InChI is InChI=1S/C30H21OP/c31-32(26-14-8-3-9-15-26)29-20-24(22-10-4-1-5-11-22)16-18-27(29)28-19-17-25(21-30(28)32)23-12-6-2-7-13-23/h1-21H. The fourth-order valence-corrected chi connectivity index (χ4v) is 7.82. The Morgan fingerprint density at radius 2 is 0.812 bits per heavy atom. The van der Waals surface area contributed by atoms with E-state index in [1.165, 1.54) is 0 Å². The van der Waals surface area contributed by atoms with E-state index in [1.54, 1.807) is 0 Å². The minimum Gasteiger partial charge on any atom is -0.309 e. The summed E-state index contributed by atoms with van der Waals surface area (Å²) in [6, 6.07) is 43.4. The first-order chi connectivity index (χ1) is 15.7. The summed E-state index contributed by atoms with van der Waals surface area (Å²) in [6.07, 6.45) is 0. The molecule has 1 aliphatic heterocycles. The lowest BCUT2D eigenvalue weighted by Gasteiger charge is -2.17. The molecule has 5 aromatic carbocycles. The number of benzene rings is 5. The molecule has 0 saturated heterocycles. The van der Waals surface area contributed by atoms with Gasteiger partial charge in [0.15, 0.2) is 7.14 Å². The third-order valence-corrected chi connectivity index (χ3v) is 9.42. The molecular weight excluding hydrogens is 407 g/mol. The van der Waals surface area contributed by atoms with Gasteiger partial charge in [0.05, 0.1) is 0 Å². The van der Waals surface area contributed by atoms with Gasteiger partial charge in [-0.05, 0) is 45.5 Å². The van der Waals surface area contributed by atoms with E-state index in [1.807, 2.05) is 66.7 Å². The molecular formula is C30H21OP. The molecule has 0 saturated carbocycles. The fourth-order valence-electron chi connectivity index (χ4n) is 4.71. The normalized spacial score (nSPS) is 13.4. The fraction of sp³-hybridized carbons (Fsp3) is 0. The van der Waals surface area contributed by atoms with Crippen molar-refractivity contribution in [1.82, 2.24) is 0 Å². The van der Waals surface area contributed by atoms with Crippen molar-refractivity contribution < 1.29 is 4.57 Å². The number of hydrogen-bond acceptors (Lipinski definition) is 1. The largest absolute Gasteiger partial charge is 0.309 e. The average Bonchev–Trinajstić information content (AvgIpc) is 3.14. The lowest BCUT2D eigenvalue weighted by atomic mass is 9.98. The first-order valence-corrected chi connectivity index (χ1v) is 12.5. The van der Waals surface area contributed by atoms with Crippen LogP contribution in [0.2, 0.25) is 0 Å². The third kappa shape index (κ3) is 2.90. The Hall–Kier alpha value is -3.67. The van der Waals surface area contributed by atoms with E-state index in [9.17, 15) is 0 Å². The monoisotopic (exact) mass is 428 g/mol. The Morgan fingerprint density at radius 1 is 0.406 bits per heavy atom. The van der Waals surface area contributed by atoms with Crippen molar-refractivity contribution >= 4 is 23.1 Å². The average molecular weight is 428 g/mol. The van der Waals surface area contributed by atoms with E-state index in [0.29, 0.717) is 0 Å². The van der Waals surface area contributed by atoms with Crippen LogP contribution in [0.1, 0.15) is 0 Å². The zero-order valence-corrected chi connectivity index (χ0v) is 18.4. The Kier molecular flexibility index (Phi) is 4.45. The van der Waals surface area contributed by atoms with Crippen LogP contribution in [-0.2, 0) is 4.57 Å². The Balaban J connectivity index is 1.62. The molecule has 0 aromatic heterocycles. The minimum atomic E-state index is -3.00. The lowest BCUT2D eigenvalue weighted by Crippen LogP contribution is -2.21. The molecule has 1 heterocycles. The Labute approximate surface area is 188 Å². The summed E-state index contributed by atoms with van der Waals surface area (Å²) < 4.78 is 15.0. The van der Waals surface area contributed by atoms with Crippen molar-refractivity contribution in [3.8, 4) is 33.4 Å². The molecule has 1 aliphatic rings. The van der Waals surface area contributed by atoms with Crippen molar-refractivity contribution in [3.63, 3.8) is 0 Å². The third-order valence-electron chi connectivity index (χ3n) is 6.30. The van der Waals surface area contributed by atoms with Crippen molar-refractivity contribution in [3.05, 3.63) is 127 Å². The molecule has 5 aromatic rings. The summed E-state index contributed by atoms with van der Waals surface area (Å²) >= 11 is 0. The van der Waals surface area contributed by atoms with Gasteiger partial charge in [-0.2, -0.15) is 0 Å². The van der Waals surface area contributed by atoms with Crippen LogP contribution < -0.4 is 15.9 Å². The zero-order valence-electron chi connectivity index (χ0n) is 17.5. The number of fused-ring (bicyclic) bond motifs is 3. The van der Waals surface area contributed by atoms with Crippen LogP contribution in [0, 0.1) is 0 Å². The van der Waals surface area contributed by atoms with Crippen LogP contribution in [0.5, 0.6) is 0 Å². The van der Waals surface area contributed by atoms with Gasteiger partial charge in [-0.1, -0.05) is 115 Å². The van der Waals surface area contributed by atoms with Gasteiger partial charge in [-0.25, -0.2) is 0 Å². The number of rotatable bonds is 3. The molecule has 0 radical (unpaired) electrons. The molecule has 0 spiro atoms. The molecule has 0 aliphatic carbocycles. The van der Waals surface area contributed by atoms with Gasteiger partial charge >= 0.3 is 0 Å². The molecule has 2 heteroatoms. The zero-order chi connectivity index (χ0) is 21.5. The van der Waals surface area contributed by atoms with Crippen molar-refractivity contribution in [1.29, 1.82) is 0 Å². The molecule has 0 bridgehead atoms. The summed E-state index contributed by atoms with van der Waals surface area (Å²) in [4.78, 5) is 0. The van der Waals surface area contributed by atoms with Gasteiger partial charge in [-0.3, -0.25) is 0 Å². The maximum atomic E-state index is 15.0. The second-order valence-electron chi connectivity index (χ2n) is 8.14. The van der Waals surface area contributed by atoms with Crippen molar-refractivity contribution in [2.24, 2.45) is 0 Å². The smallest absolute Gasteiger partial charge is 0.172 e. The molecule has 0 unspecified atom stereocenters. The predicted molar refractivity (Wildman–Crippen MR) is 136 cm³/mol. The highest BCUT2D eigenvalue weighted by molar-refractivity contribution is 7.86. The second-order valence-corrected chi connectivity index (χ2v) is 10.8. The quantitative estimate of drug-likeness (QED) is 0.289. The first-order valence-electron chi connectivity index (χ1n) is 10.8. The van der Waals surface area contributed by atoms with Crippen LogP contribution in [0.3, 0.4) is 0 Å². The molecule has 152 valence electrons. The highest BCUT2D eigenvalue weighted by atomic mass is 31.2. The van der Waals surface area contributed by atoms with Crippen molar-refractivity contribution in [2.75, 3.05) is 0 Å². The summed E-state index contributed by atoms with van der Waals surface area (Å²) in [6.45, 7) is 0. The maximum absolute atomic E-state index is 15.0. The summed E-state index contributed by atoms with van der Waals surface area (Å²) in [5.41, 5.74) is 6.61. The molecule has 6 rings (SSSR count). The van der Waals surface area contributed by atoms with Gasteiger partial charge in [0, 0.05) is 15.9 Å². The molecule has 1 nitrogen and oxygen atoms in total. The van der Waals surface area contributed by atoms with Crippen LogP contribution in [-0.4, -0.2) is 0 Å². The van der Waals surface area contributed by atoms with E-state index in [2.05, 4.69) is 60.7 Å². The Bertz CT molecular complexity index is 1380. The predicted octanol–water partition coefficient (Wildman–Crippen LogP) is 6.64. The minimum absolute atomic E-state index is 0.885. The van der Waals surface area contributed by atoms with E-state index in [0.717, 1.165) is 49.3 Å². The van der Waals surface area contributed by atoms with Gasteiger partial charge in [0.1, 0.15) is 0 Å². The second kappa shape index (κ2) is 7.48. The van der Waals surface area contributed by atoms with Gasteiger partial charge in [0.25, 0.3) is 0 Å². The summed E-state index contributed by atoms with van der Waals surface area (Å²) in [7, 11) is -3.00. The van der Waals surface area contributed by atoms with Gasteiger partial charge in [0.2, 0.25) is 0 Å². The van der Waals surface area contributed by atoms with Gasteiger partial charge < -0.3 is 4.57 Å². The maximum Gasteiger partial charge on any atom is 0.172 e. The topological polar surface area (TPSA) is 17.1 Å². The highest BCUT2D eigenvalue weighted by Gasteiger charge is 2.40. The highest BCUT2D eigenvalue weighted by Crippen LogP contribution is 2.53. The van der Waals surface area contributed by atoms with Crippen LogP contribution in [0.4, 0.5) is 0 Å². The van der Waals surface area contributed by atoms with Crippen LogP contribution in [0.15, 0.2) is 127 Å². The summed E-state index contributed by atoms with van der Waals surface area (Å²) in [5, 5.41) is 2.76. The van der Waals surface area contributed by atoms with Gasteiger partial charge in [-0.15, -0.1) is 0 Å². The Morgan fingerprint density at radius 3 is 1.25 bits per heavy atom. The van der Waals surface area contributed by atoms with Crippen LogP contribution in [0.25, 0.3) is 33.4 Å². The molecule has 0 amide bonds. The lowest BCUT2D eigenvalue weighted by molar-refractivity contribution is 0.593. The SMILES string of the molecule is O=P1(c2ccccc2)c2cc(-c3ccccc3)ccc2-c2ccc(-c3ccccc3)cc21. The molecule has 0 fully saturated rings. The van der Waals surface area contributed by atoms with E-state index >= 15 is 4.57 Å². The van der Waals surface area contributed by atoms with E-state index < -0.39 is 7.14 Å². The molecule has 0 N–H and O–H groups in total. The van der Waals surface area contributed by atoms with E-state index in [4.69, 9.17) is 0 Å². The summed E-state index contributed by atoms with van der Waals surface area (Å²) in [5.74, 6) is 0. The van der Waals surface area contributed by atoms with E-state index in [-0.39, 0.29) is 0 Å². The molecule has 32 heavy (non-hydrogen) atoms. The number of hydrogen-bond donors (Lipinski definition) is 0. The van der Waals surface area contributed by atoms with Crippen LogP contribution >= 0.6 is 7.14 Å². The molecule has 0 atom stereocenters. The van der Waals surface area contributed by atoms with Crippen molar-refractivity contribution in [2.45, 2.75) is 0 Å². The first kappa shape index (κ1) is 19.0.